The quantitative estimate of drug-likeness (QED) is 0.798. The first kappa shape index (κ1) is 15.7. The van der Waals surface area contributed by atoms with Crippen molar-refractivity contribution in [3.63, 3.8) is 0 Å². The number of aliphatic hydroxyl groups excluding tert-OH is 1. The highest BCUT2D eigenvalue weighted by Crippen LogP contribution is 2.25. The van der Waals surface area contributed by atoms with Crippen LogP contribution in [-0.4, -0.2) is 67.2 Å². The molecule has 0 saturated carbocycles. The fourth-order valence-corrected chi connectivity index (χ4v) is 4.07. The van der Waals surface area contributed by atoms with Crippen LogP contribution in [0.5, 0.6) is 0 Å². The largest absolute Gasteiger partial charge is 0.394 e. The summed E-state index contributed by atoms with van der Waals surface area (Å²) in [4.78, 5) is 14.4. The number of likely N-dealkylation sites (tertiary alicyclic amines) is 1. The van der Waals surface area contributed by atoms with Crippen LogP contribution in [0.4, 0.5) is 0 Å². The molecule has 2 unspecified atom stereocenters. The van der Waals surface area contributed by atoms with Crippen molar-refractivity contribution in [1.82, 2.24) is 9.21 Å². The Kier molecular flexibility index (Phi) is 5.04. The van der Waals surface area contributed by atoms with Gasteiger partial charge in [-0.3, -0.25) is 4.79 Å². The van der Waals surface area contributed by atoms with Crippen LogP contribution in [0.2, 0.25) is 0 Å². The minimum Gasteiger partial charge on any atom is -0.394 e. The maximum atomic E-state index is 12.6. The van der Waals surface area contributed by atoms with Gasteiger partial charge in [-0.1, -0.05) is 0 Å². The number of aliphatic hydroxyl groups is 1. The van der Waals surface area contributed by atoms with Crippen molar-refractivity contribution in [2.45, 2.75) is 38.1 Å². The van der Waals surface area contributed by atoms with Gasteiger partial charge in [0.05, 0.1) is 24.8 Å². The van der Waals surface area contributed by atoms with Gasteiger partial charge in [-0.25, -0.2) is 12.7 Å². The lowest BCUT2D eigenvalue weighted by Gasteiger charge is -2.39. The Morgan fingerprint density at radius 1 is 1.20 bits per heavy atom. The van der Waals surface area contributed by atoms with E-state index < -0.39 is 10.0 Å². The van der Waals surface area contributed by atoms with Crippen molar-refractivity contribution in [2.24, 2.45) is 5.92 Å². The molecule has 0 aliphatic carbocycles. The van der Waals surface area contributed by atoms with Crippen LogP contribution in [0.15, 0.2) is 0 Å². The van der Waals surface area contributed by atoms with Crippen LogP contribution in [0.1, 0.15) is 32.1 Å². The third-order valence-corrected chi connectivity index (χ3v) is 5.59. The van der Waals surface area contributed by atoms with Gasteiger partial charge in [-0.05, 0) is 32.1 Å². The number of hydrogen-bond acceptors (Lipinski definition) is 4. The van der Waals surface area contributed by atoms with Gasteiger partial charge in [0.2, 0.25) is 15.9 Å². The Morgan fingerprint density at radius 3 is 2.60 bits per heavy atom. The van der Waals surface area contributed by atoms with Crippen molar-refractivity contribution < 1.29 is 18.3 Å². The van der Waals surface area contributed by atoms with Crippen LogP contribution in [0.25, 0.3) is 0 Å². The second-order valence-corrected chi connectivity index (χ2v) is 7.81. The van der Waals surface area contributed by atoms with Gasteiger partial charge in [0, 0.05) is 19.6 Å². The Balaban J connectivity index is 2.04. The molecule has 2 fully saturated rings. The van der Waals surface area contributed by atoms with Crippen molar-refractivity contribution in [3.8, 4) is 0 Å². The lowest BCUT2D eigenvalue weighted by molar-refractivity contribution is -0.141. The van der Waals surface area contributed by atoms with E-state index in [0.29, 0.717) is 13.1 Å². The Bertz CT molecular complexity index is 451. The van der Waals surface area contributed by atoms with Crippen LogP contribution in [-0.2, 0) is 14.8 Å². The van der Waals surface area contributed by atoms with E-state index >= 15 is 0 Å². The molecule has 2 atom stereocenters. The molecule has 0 aromatic heterocycles. The Hall–Kier alpha value is -0.660. The summed E-state index contributed by atoms with van der Waals surface area (Å²) in [6.45, 7) is 1.46. The van der Waals surface area contributed by atoms with Crippen LogP contribution in [0.3, 0.4) is 0 Å². The maximum Gasteiger partial charge on any atom is 0.227 e. The third kappa shape index (κ3) is 3.51. The fraction of sp³-hybridized carbons (Fsp3) is 0.923. The zero-order valence-corrected chi connectivity index (χ0v) is 12.8. The zero-order chi connectivity index (χ0) is 14.8. The molecule has 2 rings (SSSR count). The van der Waals surface area contributed by atoms with E-state index in [9.17, 15) is 18.3 Å². The molecule has 0 aromatic carbocycles. The smallest absolute Gasteiger partial charge is 0.227 e. The monoisotopic (exact) mass is 304 g/mol. The molecule has 7 heteroatoms. The van der Waals surface area contributed by atoms with E-state index in [0.717, 1.165) is 32.1 Å². The molecular weight excluding hydrogens is 280 g/mol. The minimum absolute atomic E-state index is 0.00570. The zero-order valence-electron chi connectivity index (χ0n) is 12.0. The Morgan fingerprint density at radius 2 is 1.95 bits per heavy atom. The van der Waals surface area contributed by atoms with Gasteiger partial charge in [0.25, 0.3) is 0 Å². The van der Waals surface area contributed by atoms with Gasteiger partial charge >= 0.3 is 0 Å². The average Bonchev–Trinajstić information content (AvgIpc) is 2.45. The molecule has 2 saturated heterocycles. The normalized spacial score (nSPS) is 29.4. The summed E-state index contributed by atoms with van der Waals surface area (Å²) in [7, 11) is -3.23. The first-order chi connectivity index (χ1) is 9.43. The van der Waals surface area contributed by atoms with Crippen molar-refractivity contribution in [2.75, 3.05) is 32.5 Å². The number of carbonyl (C=O) groups excluding carboxylic acids is 1. The van der Waals surface area contributed by atoms with Crippen molar-refractivity contribution in [1.29, 1.82) is 0 Å². The van der Waals surface area contributed by atoms with E-state index in [1.807, 2.05) is 0 Å². The highest BCUT2D eigenvalue weighted by molar-refractivity contribution is 7.88. The first-order valence-corrected chi connectivity index (χ1v) is 9.14. The van der Waals surface area contributed by atoms with Crippen molar-refractivity contribution in [3.05, 3.63) is 0 Å². The number of nitrogens with zero attached hydrogens (tertiary/aromatic N) is 2. The summed E-state index contributed by atoms with van der Waals surface area (Å²) in [6.07, 6.45) is 5.49. The summed E-state index contributed by atoms with van der Waals surface area (Å²) in [5.74, 6) is -0.247. The molecule has 0 radical (unpaired) electrons. The van der Waals surface area contributed by atoms with Gasteiger partial charge in [0.15, 0.2) is 0 Å². The summed E-state index contributed by atoms with van der Waals surface area (Å²) >= 11 is 0. The summed E-state index contributed by atoms with van der Waals surface area (Å²) in [6, 6.07) is -0.0927. The van der Waals surface area contributed by atoms with Crippen LogP contribution in [0, 0.1) is 5.92 Å². The molecule has 0 aromatic rings. The van der Waals surface area contributed by atoms with Gasteiger partial charge in [-0.15, -0.1) is 0 Å². The molecule has 1 N–H and O–H groups in total. The van der Waals surface area contributed by atoms with Crippen LogP contribution < -0.4 is 0 Å². The van der Waals surface area contributed by atoms with E-state index in [4.69, 9.17) is 0 Å². The fourth-order valence-electron chi connectivity index (χ4n) is 3.16. The second-order valence-electron chi connectivity index (χ2n) is 5.82. The third-order valence-electron chi connectivity index (χ3n) is 4.32. The number of sulfonamides is 1. The molecule has 0 bridgehead atoms. The number of rotatable bonds is 3. The molecule has 20 heavy (non-hydrogen) atoms. The number of piperidine rings is 2. The molecule has 0 spiro atoms. The number of carbonyl (C=O) groups is 1. The second kappa shape index (κ2) is 6.41. The first-order valence-electron chi connectivity index (χ1n) is 7.30. The predicted molar refractivity (Wildman–Crippen MR) is 75.6 cm³/mol. The van der Waals surface area contributed by atoms with E-state index in [-0.39, 0.29) is 31.0 Å². The molecule has 2 heterocycles. The topological polar surface area (TPSA) is 77.9 Å². The summed E-state index contributed by atoms with van der Waals surface area (Å²) < 4.78 is 24.6. The molecule has 6 nitrogen and oxygen atoms in total. The summed E-state index contributed by atoms with van der Waals surface area (Å²) in [5, 5.41) is 9.39. The summed E-state index contributed by atoms with van der Waals surface area (Å²) in [5.41, 5.74) is 0. The van der Waals surface area contributed by atoms with Gasteiger partial charge in [-0.2, -0.15) is 0 Å². The van der Waals surface area contributed by atoms with Crippen molar-refractivity contribution >= 4 is 15.9 Å². The number of amides is 1. The average molecular weight is 304 g/mol. The molecule has 2 aliphatic heterocycles. The SMILES string of the molecule is CS(=O)(=O)N1CCCC(C(=O)N2CCCCC2CO)C1. The Labute approximate surface area is 120 Å². The van der Waals surface area contributed by atoms with E-state index in [2.05, 4.69) is 0 Å². The standard InChI is InChI=1S/C13H24N2O4S/c1-20(18,19)14-7-4-5-11(9-14)13(17)15-8-3-2-6-12(15)10-16/h11-12,16H,2-10H2,1H3. The molecule has 116 valence electrons. The van der Waals surface area contributed by atoms with E-state index in [1.54, 1.807) is 4.90 Å². The maximum absolute atomic E-state index is 12.6. The lowest BCUT2D eigenvalue weighted by atomic mass is 9.94. The highest BCUT2D eigenvalue weighted by atomic mass is 32.2. The van der Waals surface area contributed by atoms with E-state index in [1.165, 1.54) is 10.6 Å². The lowest BCUT2D eigenvalue weighted by Crippen LogP contribution is -2.51. The molecular formula is C13H24N2O4S. The van der Waals surface area contributed by atoms with Gasteiger partial charge < -0.3 is 10.0 Å². The highest BCUT2D eigenvalue weighted by Gasteiger charge is 2.35. The predicted octanol–water partition coefficient (Wildman–Crippen LogP) is 0.0314. The minimum atomic E-state index is -3.23. The number of hydrogen-bond donors (Lipinski definition) is 1. The molecule has 2 aliphatic rings. The van der Waals surface area contributed by atoms with Gasteiger partial charge in [0.1, 0.15) is 0 Å². The molecule has 1 amide bonds. The van der Waals surface area contributed by atoms with Crippen LogP contribution >= 0.6 is 0 Å².